The second-order valence-electron chi connectivity index (χ2n) is 3.66. The Morgan fingerprint density at radius 1 is 0.727 bits per heavy atom. The molecule has 0 nitrogen and oxygen atoms in total. The number of hydrogen-bond donors (Lipinski definition) is 0. The summed E-state index contributed by atoms with van der Waals surface area (Å²) in [5.41, 5.74) is 3.44. The molecule has 0 amide bonds. The van der Waals surface area contributed by atoms with Gasteiger partial charge in [-0.3, -0.25) is 0 Å². The molecular weight excluding hydrogens is 132 g/mol. The third kappa shape index (κ3) is 1.74. The predicted octanol–water partition coefficient (Wildman–Crippen LogP) is 3.60. The van der Waals surface area contributed by atoms with Crippen molar-refractivity contribution < 1.29 is 0 Å². The Hall–Kier alpha value is -0.520. The fourth-order valence-corrected chi connectivity index (χ4v) is 2.12. The van der Waals surface area contributed by atoms with Crippen LogP contribution in [0.5, 0.6) is 0 Å². The monoisotopic (exact) mass is 148 g/mol. The third-order valence-electron chi connectivity index (χ3n) is 2.79. The second-order valence-corrected chi connectivity index (χ2v) is 3.66. The van der Waals surface area contributed by atoms with E-state index in [0.29, 0.717) is 0 Å². The minimum absolute atomic E-state index is 1.31. The van der Waals surface area contributed by atoms with Gasteiger partial charge in [-0.15, -0.1) is 0 Å². The lowest BCUT2D eigenvalue weighted by atomic mass is 9.90. The highest BCUT2D eigenvalue weighted by Crippen LogP contribution is 2.27. The van der Waals surface area contributed by atoms with Crippen LogP contribution in [0.4, 0.5) is 0 Å². The maximum absolute atomic E-state index is 2.48. The number of fused-ring (bicyclic) bond motifs is 6. The molecule has 0 unspecified atom stereocenters. The molecule has 0 aromatic heterocycles. The molecule has 0 atom stereocenters. The summed E-state index contributed by atoms with van der Waals surface area (Å²) in [6.45, 7) is 0. The average Bonchev–Trinajstić information content (AvgIpc) is 1.80. The standard InChI is InChI=1S/C11H16/c1-4-10-6-2-7-11(5-1)9-3-8-10/h4,7H,1-3,5-6,8-9H2/b10-4+,11-7+. The molecule has 0 N–H and O–H groups in total. The van der Waals surface area contributed by atoms with E-state index < -0.39 is 0 Å². The highest BCUT2D eigenvalue weighted by Gasteiger charge is 2.07. The van der Waals surface area contributed by atoms with Crippen LogP contribution in [-0.2, 0) is 0 Å². The maximum Gasteiger partial charge on any atom is -0.0285 e. The molecule has 0 spiro atoms. The minimum atomic E-state index is 1.31. The van der Waals surface area contributed by atoms with Gasteiger partial charge < -0.3 is 0 Å². The zero-order valence-electron chi connectivity index (χ0n) is 7.10. The van der Waals surface area contributed by atoms with E-state index in [-0.39, 0.29) is 0 Å². The largest absolute Gasteiger partial charge is 0.0850 e. The normalized spacial score (nSPS) is 34.2. The Balaban J connectivity index is 2.19. The molecular formula is C11H16. The Labute approximate surface area is 69.0 Å². The van der Waals surface area contributed by atoms with Gasteiger partial charge in [-0.1, -0.05) is 23.3 Å². The Morgan fingerprint density at radius 3 is 1.82 bits per heavy atom. The van der Waals surface area contributed by atoms with Crippen molar-refractivity contribution in [3.8, 4) is 0 Å². The topological polar surface area (TPSA) is 0 Å². The summed E-state index contributed by atoms with van der Waals surface area (Å²) >= 11 is 0. The molecule has 2 bridgehead atoms. The summed E-state index contributed by atoms with van der Waals surface area (Å²) in [6, 6.07) is 0. The van der Waals surface area contributed by atoms with Crippen molar-refractivity contribution in [1.82, 2.24) is 0 Å². The fraction of sp³-hybridized carbons (Fsp3) is 0.636. The van der Waals surface area contributed by atoms with E-state index in [1.807, 2.05) is 0 Å². The van der Waals surface area contributed by atoms with E-state index in [1.165, 1.54) is 44.9 Å². The Bertz CT molecular complexity index is 174. The lowest BCUT2D eigenvalue weighted by Gasteiger charge is -2.17. The number of rotatable bonds is 0. The van der Waals surface area contributed by atoms with E-state index >= 15 is 0 Å². The van der Waals surface area contributed by atoms with Crippen LogP contribution >= 0.6 is 0 Å². The molecule has 0 aliphatic heterocycles. The van der Waals surface area contributed by atoms with E-state index in [1.54, 1.807) is 11.1 Å². The molecule has 0 saturated carbocycles. The molecule has 0 fully saturated rings. The highest BCUT2D eigenvalue weighted by molar-refractivity contribution is 5.14. The molecule has 60 valence electrons. The van der Waals surface area contributed by atoms with Crippen molar-refractivity contribution in [2.24, 2.45) is 0 Å². The zero-order chi connectivity index (χ0) is 7.52. The van der Waals surface area contributed by atoms with Gasteiger partial charge in [0.2, 0.25) is 0 Å². The van der Waals surface area contributed by atoms with Gasteiger partial charge >= 0.3 is 0 Å². The maximum atomic E-state index is 2.48. The minimum Gasteiger partial charge on any atom is -0.0850 e. The third-order valence-corrected chi connectivity index (χ3v) is 2.79. The van der Waals surface area contributed by atoms with Gasteiger partial charge in [-0.05, 0) is 44.9 Å². The predicted molar refractivity (Wildman–Crippen MR) is 48.5 cm³/mol. The number of allylic oxidation sites excluding steroid dienone is 4. The van der Waals surface area contributed by atoms with Crippen LogP contribution in [-0.4, -0.2) is 0 Å². The molecule has 0 heterocycles. The molecule has 0 heteroatoms. The van der Waals surface area contributed by atoms with Crippen LogP contribution in [0.2, 0.25) is 0 Å². The molecule has 11 heavy (non-hydrogen) atoms. The first-order chi connectivity index (χ1) is 5.45. The van der Waals surface area contributed by atoms with E-state index in [2.05, 4.69) is 12.2 Å². The lowest BCUT2D eigenvalue weighted by Crippen LogP contribution is -1.97. The van der Waals surface area contributed by atoms with E-state index in [9.17, 15) is 0 Å². The summed E-state index contributed by atoms with van der Waals surface area (Å²) in [6.07, 6.45) is 14.4. The first-order valence-electron chi connectivity index (χ1n) is 4.81. The molecule has 0 radical (unpaired) electrons. The van der Waals surface area contributed by atoms with Crippen molar-refractivity contribution in [3.05, 3.63) is 23.3 Å². The van der Waals surface area contributed by atoms with E-state index in [0.717, 1.165) is 0 Å². The van der Waals surface area contributed by atoms with Gasteiger partial charge in [0.15, 0.2) is 0 Å². The van der Waals surface area contributed by atoms with E-state index in [4.69, 9.17) is 0 Å². The van der Waals surface area contributed by atoms with Gasteiger partial charge in [0, 0.05) is 0 Å². The number of hydrogen-bond acceptors (Lipinski definition) is 0. The van der Waals surface area contributed by atoms with Crippen molar-refractivity contribution in [2.75, 3.05) is 0 Å². The van der Waals surface area contributed by atoms with Gasteiger partial charge in [0.25, 0.3) is 0 Å². The molecule has 0 aromatic rings. The van der Waals surface area contributed by atoms with Crippen LogP contribution in [0.15, 0.2) is 23.3 Å². The van der Waals surface area contributed by atoms with Gasteiger partial charge in [0.05, 0.1) is 0 Å². The molecule has 0 saturated heterocycles. The quantitative estimate of drug-likeness (QED) is 0.460. The average molecular weight is 148 g/mol. The summed E-state index contributed by atoms with van der Waals surface area (Å²) in [5.74, 6) is 0. The van der Waals surface area contributed by atoms with Crippen LogP contribution in [0.1, 0.15) is 44.9 Å². The molecule has 3 aliphatic carbocycles. The second kappa shape index (κ2) is 3.25. The summed E-state index contributed by atoms with van der Waals surface area (Å²) in [5, 5.41) is 0. The van der Waals surface area contributed by atoms with Crippen molar-refractivity contribution in [2.45, 2.75) is 44.9 Å². The van der Waals surface area contributed by atoms with Gasteiger partial charge in [-0.2, -0.15) is 0 Å². The van der Waals surface area contributed by atoms with Crippen molar-refractivity contribution in [3.63, 3.8) is 0 Å². The zero-order valence-corrected chi connectivity index (χ0v) is 7.10. The summed E-state index contributed by atoms with van der Waals surface area (Å²) in [4.78, 5) is 0. The first-order valence-corrected chi connectivity index (χ1v) is 4.81. The molecule has 0 aromatic carbocycles. The van der Waals surface area contributed by atoms with Crippen LogP contribution in [0.3, 0.4) is 0 Å². The first kappa shape index (κ1) is 7.15. The smallest absolute Gasteiger partial charge is 0.0285 e. The van der Waals surface area contributed by atoms with Crippen LogP contribution < -0.4 is 0 Å². The highest BCUT2D eigenvalue weighted by atomic mass is 14.1. The SMILES string of the molecule is C1=C2\CC/C=C(\CC/1)CCC2. The van der Waals surface area contributed by atoms with Crippen molar-refractivity contribution >= 4 is 0 Å². The van der Waals surface area contributed by atoms with Crippen molar-refractivity contribution in [1.29, 1.82) is 0 Å². The van der Waals surface area contributed by atoms with Gasteiger partial charge in [-0.25, -0.2) is 0 Å². The summed E-state index contributed by atoms with van der Waals surface area (Å²) < 4.78 is 0. The fourth-order valence-electron chi connectivity index (χ4n) is 2.12. The Kier molecular flexibility index (Phi) is 2.11. The molecule has 3 rings (SSSR count). The van der Waals surface area contributed by atoms with Gasteiger partial charge in [0.1, 0.15) is 0 Å². The van der Waals surface area contributed by atoms with Crippen LogP contribution in [0.25, 0.3) is 0 Å². The van der Waals surface area contributed by atoms with Crippen LogP contribution in [0, 0.1) is 0 Å². The molecule has 3 aliphatic rings. The lowest BCUT2D eigenvalue weighted by molar-refractivity contribution is 0.687. The summed E-state index contributed by atoms with van der Waals surface area (Å²) in [7, 11) is 0. The Morgan fingerprint density at radius 2 is 1.27 bits per heavy atom.